The Morgan fingerprint density at radius 2 is 1.96 bits per heavy atom. The molecule has 1 heterocycles. The molecule has 2 aromatic rings. The number of aryl methyl sites for hydroxylation is 1. The third kappa shape index (κ3) is 5.31. The number of Topliss-reactive ketones (excluding diaryl/α,β-unsaturated/α-hetero) is 1. The van der Waals surface area contributed by atoms with Crippen LogP contribution in [0, 0.1) is 6.92 Å². The van der Waals surface area contributed by atoms with Gasteiger partial charge in [-0.1, -0.05) is 30.3 Å². The third-order valence-corrected chi connectivity index (χ3v) is 3.73. The van der Waals surface area contributed by atoms with Gasteiger partial charge in [-0.15, -0.1) is 0 Å². The number of hydrogen-bond donors (Lipinski definition) is 2. The molecule has 0 atom stereocenters. The molecule has 0 saturated carbocycles. The molecule has 0 unspecified atom stereocenters. The zero-order chi connectivity index (χ0) is 17.4. The number of aromatic amines is 1. The Morgan fingerprint density at radius 1 is 1.21 bits per heavy atom. The summed E-state index contributed by atoms with van der Waals surface area (Å²) in [5.41, 5.74) is 1.50. The van der Waals surface area contributed by atoms with Crippen molar-refractivity contribution in [2.45, 2.75) is 32.7 Å². The highest BCUT2D eigenvalue weighted by atomic mass is 16.3. The molecule has 2 rings (SSSR count). The molecule has 2 N–H and O–H groups in total. The van der Waals surface area contributed by atoms with Crippen LogP contribution in [0.1, 0.15) is 41.1 Å². The van der Waals surface area contributed by atoms with Crippen molar-refractivity contribution in [1.29, 1.82) is 0 Å². The summed E-state index contributed by atoms with van der Waals surface area (Å²) in [5.74, 6) is 0.758. The van der Waals surface area contributed by atoms with E-state index in [1.54, 1.807) is 23.2 Å². The van der Waals surface area contributed by atoms with Crippen molar-refractivity contribution in [3.63, 3.8) is 0 Å². The van der Waals surface area contributed by atoms with E-state index < -0.39 is 0 Å². The van der Waals surface area contributed by atoms with E-state index in [1.807, 2.05) is 25.1 Å². The van der Waals surface area contributed by atoms with Crippen molar-refractivity contribution < 1.29 is 14.7 Å². The van der Waals surface area contributed by atoms with Gasteiger partial charge >= 0.3 is 0 Å². The average Bonchev–Trinajstić information content (AvgIpc) is 3.00. The molecule has 6 heteroatoms. The standard InChI is InChI=1S/C18H23N3O3/c1-14-19-12-16(20-14)13-21(10-11-22)18(24)9-5-8-17(23)15-6-3-2-4-7-15/h2-4,6-7,12,22H,5,8-11,13H2,1H3,(H,19,20). The molecule has 6 nitrogen and oxygen atoms in total. The van der Waals surface area contributed by atoms with Gasteiger partial charge in [-0.05, 0) is 13.3 Å². The summed E-state index contributed by atoms with van der Waals surface area (Å²) in [6.07, 6.45) is 2.81. The lowest BCUT2D eigenvalue weighted by atomic mass is 10.1. The van der Waals surface area contributed by atoms with Crippen molar-refractivity contribution in [3.8, 4) is 0 Å². The van der Waals surface area contributed by atoms with Crippen LogP contribution in [0.5, 0.6) is 0 Å². The summed E-state index contributed by atoms with van der Waals surface area (Å²) >= 11 is 0. The number of amides is 1. The van der Waals surface area contributed by atoms with Gasteiger partial charge in [0, 0.05) is 24.9 Å². The fraction of sp³-hybridized carbons (Fsp3) is 0.389. The summed E-state index contributed by atoms with van der Waals surface area (Å²) in [6.45, 7) is 2.40. The molecule has 0 aliphatic heterocycles. The lowest BCUT2D eigenvalue weighted by Gasteiger charge is -2.21. The molecule has 0 radical (unpaired) electrons. The molecule has 1 amide bonds. The Morgan fingerprint density at radius 3 is 2.58 bits per heavy atom. The average molecular weight is 329 g/mol. The van der Waals surface area contributed by atoms with Crippen LogP contribution in [0.3, 0.4) is 0 Å². The second kappa shape index (κ2) is 8.98. The quantitative estimate of drug-likeness (QED) is 0.690. The number of hydrogen-bond acceptors (Lipinski definition) is 4. The van der Waals surface area contributed by atoms with Gasteiger partial charge < -0.3 is 15.0 Å². The van der Waals surface area contributed by atoms with Crippen LogP contribution in [0.25, 0.3) is 0 Å². The number of imidazole rings is 1. The lowest BCUT2D eigenvalue weighted by Crippen LogP contribution is -2.33. The fourth-order valence-corrected chi connectivity index (χ4v) is 2.50. The number of rotatable bonds is 9. The van der Waals surface area contributed by atoms with Gasteiger partial charge in [-0.2, -0.15) is 0 Å². The molecule has 0 saturated heterocycles. The van der Waals surface area contributed by atoms with Crippen molar-refractivity contribution in [2.24, 2.45) is 0 Å². The first-order chi connectivity index (χ1) is 11.6. The SMILES string of the molecule is Cc1ncc(CN(CCO)C(=O)CCCC(=O)c2ccccc2)[nH]1. The Balaban J connectivity index is 1.83. The van der Waals surface area contributed by atoms with E-state index in [0.29, 0.717) is 24.9 Å². The Bertz CT molecular complexity index is 667. The van der Waals surface area contributed by atoms with Crippen LogP contribution in [-0.2, 0) is 11.3 Å². The number of ketones is 1. The molecule has 0 bridgehead atoms. The van der Waals surface area contributed by atoms with Crippen LogP contribution in [0.2, 0.25) is 0 Å². The maximum atomic E-state index is 12.3. The first-order valence-corrected chi connectivity index (χ1v) is 8.07. The highest BCUT2D eigenvalue weighted by Gasteiger charge is 2.15. The van der Waals surface area contributed by atoms with Crippen molar-refractivity contribution >= 4 is 11.7 Å². The normalized spacial score (nSPS) is 10.6. The summed E-state index contributed by atoms with van der Waals surface area (Å²) in [5, 5.41) is 9.16. The molecule has 24 heavy (non-hydrogen) atoms. The van der Waals surface area contributed by atoms with Crippen LogP contribution >= 0.6 is 0 Å². The highest BCUT2D eigenvalue weighted by molar-refractivity contribution is 5.96. The van der Waals surface area contributed by atoms with Gasteiger partial charge in [0.25, 0.3) is 0 Å². The maximum absolute atomic E-state index is 12.3. The molecule has 0 aliphatic carbocycles. The third-order valence-electron chi connectivity index (χ3n) is 3.73. The monoisotopic (exact) mass is 329 g/mol. The molecule has 0 aliphatic rings. The van der Waals surface area contributed by atoms with E-state index in [9.17, 15) is 9.59 Å². The number of nitrogens with zero attached hydrogens (tertiary/aromatic N) is 2. The fourth-order valence-electron chi connectivity index (χ4n) is 2.50. The zero-order valence-corrected chi connectivity index (χ0v) is 13.9. The van der Waals surface area contributed by atoms with E-state index in [2.05, 4.69) is 9.97 Å². The number of nitrogens with one attached hydrogen (secondary N) is 1. The first kappa shape index (κ1) is 17.9. The van der Waals surface area contributed by atoms with Gasteiger partial charge in [0.05, 0.1) is 25.0 Å². The van der Waals surface area contributed by atoms with Crippen LogP contribution in [0.4, 0.5) is 0 Å². The summed E-state index contributed by atoms with van der Waals surface area (Å²) in [4.78, 5) is 33.1. The topological polar surface area (TPSA) is 86.3 Å². The second-order valence-corrected chi connectivity index (χ2v) is 5.68. The molecule has 128 valence electrons. The van der Waals surface area contributed by atoms with Gasteiger partial charge in [0.15, 0.2) is 5.78 Å². The molecule has 1 aromatic heterocycles. The molecule has 1 aromatic carbocycles. The van der Waals surface area contributed by atoms with Gasteiger partial charge in [0.2, 0.25) is 5.91 Å². The molecule has 0 spiro atoms. The van der Waals surface area contributed by atoms with Gasteiger partial charge in [-0.3, -0.25) is 9.59 Å². The van der Waals surface area contributed by atoms with Crippen molar-refractivity contribution in [1.82, 2.24) is 14.9 Å². The molecule has 0 fully saturated rings. The van der Waals surface area contributed by atoms with Gasteiger partial charge in [0.1, 0.15) is 5.82 Å². The minimum absolute atomic E-state index is 0.0429. The minimum atomic E-state index is -0.0954. The van der Waals surface area contributed by atoms with Crippen LogP contribution < -0.4 is 0 Å². The Hall–Kier alpha value is -2.47. The lowest BCUT2D eigenvalue weighted by molar-refractivity contribution is -0.132. The van der Waals surface area contributed by atoms with E-state index in [4.69, 9.17) is 5.11 Å². The van der Waals surface area contributed by atoms with Crippen LogP contribution in [-0.4, -0.2) is 44.8 Å². The minimum Gasteiger partial charge on any atom is -0.395 e. The highest BCUT2D eigenvalue weighted by Crippen LogP contribution is 2.10. The number of carbonyl (C=O) groups is 2. The predicted molar refractivity (Wildman–Crippen MR) is 90.5 cm³/mol. The Labute approximate surface area is 141 Å². The number of aliphatic hydroxyl groups is 1. The molecular weight excluding hydrogens is 306 g/mol. The summed E-state index contributed by atoms with van der Waals surface area (Å²) in [6, 6.07) is 9.08. The second-order valence-electron chi connectivity index (χ2n) is 5.68. The number of H-pyrrole nitrogens is 1. The molecular formula is C18H23N3O3. The van der Waals surface area contributed by atoms with E-state index >= 15 is 0 Å². The van der Waals surface area contributed by atoms with Gasteiger partial charge in [-0.25, -0.2) is 4.98 Å². The number of carbonyl (C=O) groups excluding carboxylic acids is 2. The van der Waals surface area contributed by atoms with Crippen molar-refractivity contribution in [2.75, 3.05) is 13.2 Å². The largest absolute Gasteiger partial charge is 0.395 e. The smallest absolute Gasteiger partial charge is 0.223 e. The first-order valence-electron chi connectivity index (χ1n) is 8.07. The van der Waals surface area contributed by atoms with E-state index in [1.165, 1.54) is 0 Å². The van der Waals surface area contributed by atoms with E-state index in [-0.39, 0.29) is 31.3 Å². The van der Waals surface area contributed by atoms with Crippen molar-refractivity contribution in [3.05, 3.63) is 53.6 Å². The number of aliphatic hydroxyl groups excluding tert-OH is 1. The zero-order valence-electron chi connectivity index (χ0n) is 13.9. The maximum Gasteiger partial charge on any atom is 0.223 e. The number of benzene rings is 1. The van der Waals surface area contributed by atoms with E-state index in [0.717, 1.165) is 11.5 Å². The predicted octanol–water partition coefficient (Wildman–Crippen LogP) is 2.09. The summed E-state index contributed by atoms with van der Waals surface area (Å²) in [7, 11) is 0. The van der Waals surface area contributed by atoms with Crippen LogP contribution in [0.15, 0.2) is 36.5 Å². The number of aromatic nitrogens is 2. The Kier molecular flexibility index (Phi) is 6.69. The summed E-state index contributed by atoms with van der Waals surface area (Å²) < 4.78 is 0.